The van der Waals surface area contributed by atoms with Gasteiger partial charge in [-0.2, -0.15) is 0 Å². The van der Waals surface area contributed by atoms with E-state index >= 15 is 0 Å². The van der Waals surface area contributed by atoms with Crippen LogP contribution in [-0.2, 0) is 13.1 Å². The highest BCUT2D eigenvalue weighted by molar-refractivity contribution is 5.94. The van der Waals surface area contributed by atoms with Crippen LogP contribution >= 0.6 is 0 Å². The van der Waals surface area contributed by atoms with Gasteiger partial charge in [0.15, 0.2) is 0 Å². The minimum Gasteiger partial charge on any atom is -0.351 e. The Balaban J connectivity index is 1.42. The van der Waals surface area contributed by atoms with Crippen LogP contribution < -0.4 is 10.6 Å². The molecule has 7 heteroatoms. The highest BCUT2D eigenvalue weighted by Gasteiger charge is 2.21. The lowest BCUT2D eigenvalue weighted by Crippen LogP contribution is -2.51. The summed E-state index contributed by atoms with van der Waals surface area (Å²) in [6, 6.07) is 17.8. The Morgan fingerprint density at radius 3 is 2.32 bits per heavy atom. The highest BCUT2D eigenvalue weighted by Crippen LogP contribution is 2.09. The minimum absolute atomic E-state index is 0.0554. The lowest BCUT2D eigenvalue weighted by molar-refractivity contribution is 0.0951. The number of benzene rings is 2. The molecule has 3 rings (SSSR count). The van der Waals surface area contributed by atoms with E-state index in [2.05, 4.69) is 39.8 Å². The molecule has 1 aliphatic heterocycles. The third kappa shape index (κ3) is 7.38. The van der Waals surface area contributed by atoms with Crippen molar-refractivity contribution in [3.8, 4) is 0 Å². The normalized spacial score (nSPS) is 14.5. The quantitative estimate of drug-likeness (QED) is 0.682. The summed E-state index contributed by atoms with van der Waals surface area (Å²) < 4.78 is 0. The number of likely N-dealkylation sites (N-methyl/N-ethyl adjacent to an activating group) is 1. The van der Waals surface area contributed by atoms with Crippen LogP contribution in [-0.4, -0.2) is 80.0 Å². The van der Waals surface area contributed by atoms with E-state index in [-0.39, 0.29) is 11.9 Å². The van der Waals surface area contributed by atoms with E-state index in [1.54, 1.807) is 6.07 Å². The molecule has 3 amide bonds. The average molecular weight is 424 g/mol. The van der Waals surface area contributed by atoms with Crippen LogP contribution in [0.25, 0.3) is 0 Å². The van der Waals surface area contributed by atoms with Crippen LogP contribution in [0, 0.1) is 0 Å². The summed E-state index contributed by atoms with van der Waals surface area (Å²) in [5.74, 6) is -0.0930. The Bertz CT molecular complexity index is 848. The lowest BCUT2D eigenvalue weighted by atomic mass is 10.1. The number of carbonyl (C=O) groups excluding carboxylic acids is 2. The summed E-state index contributed by atoms with van der Waals surface area (Å²) in [4.78, 5) is 31.1. The molecule has 0 bridgehead atoms. The molecule has 1 aliphatic rings. The second-order valence-electron chi connectivity index (χ2n) is 8.17. The van der Waals surface area contributed by atoms with Gasteiger partial charge in [-0.1, -0.05) is 42.5 Å². The van der Waals surface area contributed by atoms with Crippen LogP contribution in [0.15, 0.2) is 54.6 Å². The zero-order valence-corrected chi connectivity index (χ0v) is 18.5. The number of nitrogens with one attached hydrogen (secondary N) is 2. The number of amides is 3. The molecule has 0 radical (unpaired) electrons. The molecule has 7 nitrogen and oxygen atoms in total. The Kier molecular flexibility index (Phi) is 8.44. The van der Waals surface area contributed by atoms with Crippen molar-refractivity contribution in [2.24, 2.45) is 0 Å². The Morgan fingerprint density at radius 2 is 1.61 bits per heavy atom. The molecule has 2 N–H and O–H groups in total. The van der Waals surface area contributed by atoms with Crippen LogP contribution in [0.5, 0.6) is 0 Å². The van der Waals surface area contributed by atoms with Gasteiger partial charge in [0, 0.05) is 57.9 Å². The standard InChI is InChI=1S/C24H33N5O2/c1-27(2)12-11-25-23(30)22-10-6-9-21(17-22)18-26-24(31)29-15-13-28(14-16-29)19-20-7-4-3-5-8-20/h3-10,17H,11-16,18-19H2,1-2H3,(H,25,30)(H,26,31). The minimum atomic E-state index is -0.0930. The molecule has 1 saturated heterocycles. The molecule has 0 saturated carbocycles. The SMILES string of the molecule is CN(C)CCNC(=O)c1cccc(CNC(=O)N2CCN(Cc3ccccc3)CC2)c1. The predicted molar refractivity (Wildman–Crippen MR) is 123 cm³/mol. The summed E-state index contributed by atoms with van der Waals surface area (Å²) >= 11 is 0. The molecular formula is C24H33N5O2. The van der Waals surface area contributed by atoms with Gasteiger partial charge in [-0.3, -0.25) is 9.69 Å². The molecule has 0 aromatic heterocycles. The van der Waals surface area contributed by atoms with Gasteiger partial charge in [0.2, 0.25) is 0 Å². The first-order chi connectivity index (χ1) is 15.0. The number of hydrogen-bond acceptors (Lipinski definition) is 4. The number of nitrogens with zero attached hydrogens (tertiary/aromatic N) is 3. The van der Waals surface area contributed by atoms with E-state index in [9.17, 15) is 9.59 Å². The van der Waals surface area contributed by atoms with E-state index in [1.807, 2.05) is 48.2 Å². The Hall–Kier alpha value is -2.90. The molecule has 1 heterocycles. The van der Waals surface area contributed by atoms with Crippen molar-refractivity contribution in [1.82, 2.24) is 25.3 Å². The first kappa shape index (κ1) is 22.8. The second kappa shape index (κ2) is 11.5. The molecule has 0 aliphatic carbocycles. The van der Waals surface area contributed by atoms with Gasteiger partial charge >= 0.3 is 6.03 Å². The Morgan fingerprint density at radius 1 is 0.903 bits per heavy atom. The first-order valence-electron chi connectivity index (χ1n) is 10.8. The predicted octanol–water partition coefficient (Wildman–Crippen LogP) is 2.01. The van der Waals surface area contributed by atoms with Gasteiger partial charge in [-0.05, 0) is 37.4 Å². The van der Waals surface area contributed by atoms with Crippen molar-refractivity contribution < 1.29 is 9.59 Å². The van der Waals surface area contributed by atoms with E-state index in [4.69, 9.17) is 0 Å². The maximum atomic E-state index is 12.6. The summed E-state index contributed by atoms with van der Waals surface area (Å²) in [6.07, 6.45) is 0. The van der Waals surface area contributed by atoms with Crippen molar-refractivity contribution in [2.45, 2.75) is 13.1 Å². The highest BCUT2D eigenvalue weighted by atomic mass is 16.2. The zero-order valence-electron chi connectivity index (χ0n) is 18.5. The molecule has 0 spiro atoms. The van der Waals surface area contributed by atoms with Gasteiger partial charge < -0.3 is 20.4 Å². The molecule has 2 aromatic carbocycles. The largest absolute Gasteiger partial charge is 0.351 e. The molecule has 166 valence electrons. The molecule has 1 fully saturated rings. The number of rotatable bonds is 8. The molecule has 31 heavy (non-hydrogen) atoms. The van der Waals surface area contributed by atoms with Gasteiger partial charge in [-0.25, -0.2) is 4.79 Å². The van der Waals surface area contributed by atoms with Gasteiger partial charge in [0.25, 0.3) is 5.91 Å². The molecule has 0 atom stereocenters. The summed E-state index contributed by atoms with van der Waals surface area (Å²) in [6.45, 7) is 5.88. The number of urea groups is 1. The lowest BCUT2D eigenvalue weighted by Gasteiger charge is -2.34. The fourth-order valence-electron chi connectivity index (χ4n) is 3.56. The first-order valence-corrected chi connectivity index (χ1v) is 10.8. The molecule has 2 aromatic rings. The summed E-state index contributed by atoms with van der Waals surface area (Å²) in [5, 5.41) is 5.90. The van der Waals surface area contributed by atoms with Crippen molar-refractivity contribution in [2.75, 3.05) is 53.4 Å². The fourth-order valence-corrected chi connectivity index (χ4v) is 3.56. The van der Waals surface area contributed by atoms with Crippen LogP contribution in [0.3, 0.4) is 0 Å². The van der Waals surface area contributed by atoms with E-state index in [1.165, 1.54) is 5.56 Å². The second-order valence-corrected chi connectivity index (χ2v) is 8.17. The number of piperazine rings is 1. The van der Waals surface area contributed by atoms with Crippen LogP contribution in [0.1, 0.15) is 21.5 Å². The maximum Gasteiger partial charge on any atom is 0.317 e. The number of carbonyl (C=O) groups is 2. The van der Waals surface area contributed by atoms with Crippen molar-refractivity contribution >= 4 is 11.9 Å². The third-order valence-electron chi connectivity index (χ3n) is 5.39. The van der Waals surface area contributed by atoms with Gasteiger partial charge in [0.1, 0.15) is 0 Å². The van der Waals surface area contributed by atoms with E-state index < -0.39 is 0 Å². The molecular weight excluding hydrogens is 390 g/mol. The monoisotopic (exact) mass is 423 g/mol. The van der Waals surface area contributed by atoms with Gasteiger partial charge in [-0.15, -0.1) is 0 Å². The smallest absolute Gasteiger partial charge is 0.317 e. The fraction of sp³-hybridized carbons (Fsp3) is 0.417. The number of hydrogen-bond donors (Lipinski definition) is 2. The topological polar surface area (TPSA) is 67.9 Å². The van der Waals surface area contributed by atoms with Crippen molar-refractivity contribution in [3.05, 3.63) is 71.3 Å². The third-order valence-corrected chi connectivity index (χ3v) is 5.39. The maximum absolute atomic E-state index is 12.6. The van der Waals surface area contributed by atoms with E-state index in [0.717, 1.165) is 31.7 Å². The van der Waals surface area contributed by atoms with Crippen molar-refractivity contribution in [3.63, 3.8) is 0 Å². The summed E-state index contributed by atoms with van der Waals surface area (Å²) in [5.41, 5.74) is 2.82. The zero-order chi connectivity index (χ0) is 22.1. The summed E-state index contributed by atoms with van der Waals surface area (Å²) in [7, 11) is 3.94. The Labute approximate surface area is 185 Å². The molecule has 0 unspecified atom stereocenters. The van der Waals surface area contributed by atoms with Crippen LogP contribution in [0.2, 0.25) is 0 Å². The average Bonchev–Trinajstić information content (AvgIpc) is 2.78. The van der Waals surface area contributed by atoms with Crippen LogP contribution in [0.4, 0.5) is 4.79 Å². The van der Waals surface area contributed by atoms with Crippen molar-refractivity contribution in [1.29, 1.82) is 0 Å². The van der Waals surface area contributed by atoms with Gasteiger partial charge in [0.05, 0.1) is 0 Å². The van der Waals surface area contributed by atoms with E-state index in [0.29, 0.717) is 31.7 Å².